The van der Waals surface area contributed by atoms with Crippen LogP contribution in [0.15, 0.2) is 4.76 Å². The normalized spacial score (nSPS) is 13.4. The van der Waals surface area contributed by atoms with Crippen molar-refractivity contribution < 1.29 is 56.4 Å². The lowest BCUT2D eigenvalue weighted by molar-refractivity contribution is -1.00. The average Bonchev–Trinajstić information content (AvgIpc) is 2.85. The van der Waals surface area contributed by atoms with Gasteiger partial charge in [0.05, 0.1) is 39.6 Å². The lowest BCUT2D eigenvalue weighted by Gasteiger charge is -2.27. The van der Waals surface area contributed by atoms with Crippen LogP contribution in [0, 0.1) is 0 Å². The summed E-state index contributed by atoms with van der Waals surface area (Å²) >= 11 is 0. The Morgan fingerprint density at radius 3 is 1.54 bits per heavy atom. The molecule has 0 aromatic rings. The number of carbonyl (C=O) groups excluding carboxylic acids is 3. The first-order valence-electron chi connectivity index (χ1n) is 12.4. The largest absolute Gasteiger partial charge is 0.508 e. The summed E-state index contributed by atoms with van der Waals surface area (Å²) in [6.07, 6.45) is 1.46. The van der Waals surface area contributed by atoms with Crippen molar-refractivity contribution in [1.82, 2.24) is 0 Å². The molecule has 0 heterocycles. The molecule has 0 saturated heterocycles. The number of guanidine groups is 1. The summed E-state index contributed by atoms with van der Waals surface area (Å²) < 4.78 is 47.1. The highest BCUT2D eigenvalue weighted by molar-refractivity contribution is 7.52. The molecule has 1 atom stereocenters. The van der Waals surface area contributed by atoms with Crippen molar-refractivity contribution in [3.8, 4) is 0 Å². The molecular weight excluding hydrogens is 513 g/mol. The number of unbranched alkanes of at least 4 members (excludes halogenated alkanes) is 2. The molecule has 1 unspecified atom stereocenters. The highest BCUT2D eigenvalue weighted by Crippen LogP contribution is 2.50. The number of hydrogen-bond donors (Lipinski definition) is 1. The van der Waals surface area contributed by atoms with Gasteiger partial charge < -0.3 is 24.7 Å². The van der Waals surface area contributed by atoms with Crippen LogP contribution >= 0.6 is 7.75 Å². The second kappa shape index (κ2) is 19.7. The molecule has 15 heteroatoms. The predicted octanol–water partition coefficient (Wildman–Crippen LogP) is 4.07. The fraction of sp³-hybridized carbons (Fsp3) is 0.818. The zero-order valence-electron chi connectivity index (χ0n) is 22.6. The standard InChI is InChI=1S/C22H43N3O11P/c1-6-13-30-21(27)32-15-9-11-17-34-37(29,24-20(23)25(5,8-3)36-19(4)26)35-18-12-10-16-33-22(28)31-14-7-2/h6-18H2,1-5H3,(H2,23,24,29)/q+1. The number of ether oxygens (including phenoxy) is 4. The lowest BCUT2D eigenvalue weighted by Crippen LogP contribution is -2.54. The molecule has 0 fully saturated rings. The number of hydroxylamine groups is 3. The van der Waals surface area contributed by atoms with Gasteiger partial charge in [0.1, 0.15) is 13.6 Å². The molecule has 2 N–H and O–H groups in total. The quantitative estimate of drug-likeness (QED) is 0.0488. The third kappa shape index (κ3) is 16.9. The summed E-state index contributed by atoms with van der Waals surface area (Å²) in [4.78, 5) is 39.4. The Bertz CT molecular complexity index is 730. The second-order valence-corrected chi connectivity index (χ2v) is 9.55. The van der Waals surface area contributed by atoms with Gasteiger partial charge in [0.15, 0.2) is 0 Å². The van der Waals surface area contributed by atoms with E-state index in [0.717, 1.165) is 0 Å². The van der Waals surface area contributed by atoms with Gasteiger partial charge in [-0.1, -0.05) is 18.5 Å². The predicted molar refractivity (Wildman–Crippen MR) is 133 cm³/mol. The minimum Gasteiger partial charge on any atom is -0.434 e. The van der Waals surface area contributed by atoms with E-state index in [1.807, 2.05) is 13.8 Å². The van der Waals surface area contributed by atoms with Gasteiger partial charge in [-0.15, -0.1) is 4.76 Å². The molecule has 216 valence electrons. The smallest absolute Gasteiger partial charge is 0.434 e. The van der Waals surface area contributed by atoms with E-state index in [1.165, 1.54) is 14.0 Å². The monoisotopic (exact) mass is 556 g/mol. The first kappa shape index (κ1) is 34.6. The Hall–Kier alpha value is -2.41. The van der Waals surface area contributed by atoms with Crippen LogP contribution in [0.25, 0.3) is 0 Å². The third-order valence-electron chi connectivity index (χ3n) is 4.52. The van der Waals surface area contributed by atoms with Crippen molar-refractivity contribution in [2.45, 2.75) is 66.2 Å². The van der Waals surface area contributed by atoms with Crippen LogP contribution in [0.5, 0.6) is 0 Å². The van der Waals surface area contributed by atoms with Gasteiger partial charge >= 0.3 is 32.0 Å². The maximum absolute atomic E-state index is 13.3. The molecule has 0 aromatic carbocycles. The number of nitrogens with zero attached hydrogens (tertiary/aromatic N) is 2. The first-order valence-corrected chi connectivity index (χ1v) is 13.9. The van der Waals surface area contributed by atoms with Gasteiger partial charge in [0.25, 0.3) is 0 Å². The van der Waals surface area contributed by atoms with Crippen molar-refractivity contribution in [2.24, 2.45) is 10.5 Å². The third-order valence-corrected chi connectivity index (χ3v) is 5.98. The maximum atomic E-state index is 13.3. The Labute approximate surface area is 218 Å². The second-order valence-electron chi connectivity index (χ2n) is 7.90. The number of rotatable bonds is 18. The molecule has 0 radical (unpaired) electrons. The SMILES string of the molecule is CCCOC(=O)OCCCCOP(=O)(N=C(N)[N+](C)(CC)OC(C)=O)OCCCCOC(=O)OCCC. The van der Waals surface area contributed by atoms with Crippen molar-refractivity contribution in [1.29, 1.82) is 0 Å². The molecule has 0 amide bonds. The first-order chi connectivity index (χ1) is 17.5. The van der Waals surface area contributed by atoms with Gasteiger partial charge in [-0.2, -0.15) is 0 Å². The van der Waals surface area contributed by atoms with E-state index in [-0.39, 0.29) is 52.1 Å². The van der Waals surface area contributed by atoms with Crippen LogP contribution in [0.2, 0.25) is 0 Å². The topological polar surface area (TPSA) is 171 Å². The van der Waals surface area contributed by atoms with E-state index in [0.29, 0.717) is 38.5 Å². The molecule has 14 nitrogen and oxygen atoms in total. The van der Waals surface area contributed by atoms with Gasteiger partial charge in [-0.25, -0.2) is 18.9 Å². The van der Waals surface area contributed by atoms with Crippen molar-refractivity contribution >= 4 is 32.0 Å². The number of hydrogen-bond acceptors (Lipinski definition) is 11. The molecule has 0 saturated carbocycles. The van der Waals surface area contributed by atoms with E-state index in [4.69, 9.17) is 38.6 Å². The van der Waals surface area contributed by atoms with Gasteiger partial charge in [0, 0.05) is 6.92 Å². The van der Waals surface area contributed by atoms with Crippen LogP contribution < -0.4 is 5.73 Å². The zero-order chi connectivity index (χ0) is 28.2. The lowest BCUT2D eigenvalue weighted by atomic mass is 10.3. The van der Waals surface area contributed by atoms with Crippen LogP contribution in [0.3, 0.4) is 0 Å². The zero-order valence-corrected chi connectivity index (χ0v) is 23.5. The Kier molecular flexibility index (Phi) is 18.4. The fourth-order valence-corrected chi connectivity index (χ4v) is 3.76. The summed E-state index contributed by atoms with van der Waals surface area (Å²) in [7, 11) is -2.62. The Morgan fingerprint density at radius 1 is 0.757 bits per heavy atom. The molecule has 0 aliphatic carbocycles. The Morgan fingerprint density at radius 2 is 1.16 bits per heavy atom. The van der Waals surface area contributed by atoms with E-state index in [9.17, 15) is 18.9 Å². The summed E-state index contributed by atoms with van der Waals surface area (Å²) in [6, 6.07) is 0. The van der Waals surface area contributed by atoms with Gasteiger partial charge in [0.2, 0.25) is 0 Å². The number of quaternary nitrogens is 1. The Balaban J connectivity index is 4.92. The molecule has 37 heavy (non-hydrogen) atoms. The summed E-state index contributed by atoms with van der Waals surface area (Å²) in [6.45, 7) is 7.56. The summed E-state index contributed by atoms with van der Waals surface area (Å²) in [5, 5.41) is 0. The van der Waals surface area contributed by atoms with Crippen LogP contribution in [-0.2, 0) is 42.2 Å². The highest BCUT2D eigenvalue weighted by Gasteiger charge is 2.35. The average molecular weight is 557 g/mol. The molecule has 0 rings (SSSR count). The van der Waals surface area contributed by atoms with Crippen molar-refractivity contribution in [2.75, 3.05) is 53.2 Å². The number of nitrogens with two attached hydrogens (primary N) is 1. The molecule has 0 aliphatic rings. The van der Waals surface area contributed by atoms with Crippen LogP contribution in [0.4, 0.5) is 9.59 Å². The molecule has 0 spiro atoms. The maximum Gasteiger partial charge on any atom is 0.508 e. The van der Waals surface area contributed by atoms with Crippen LogP contribution in [0.1, 0.15) is 66.2 Å². The molecular formula is C22H43N3O11P+. The molecule has 0 aliphatic heterocycles. The molecule has 0 aromatic heterocycles. The van der Waals surface area contributed by atoms with E-state index >= 15 is 0 Å². The van der Waals surface area contributed by atoms with Gasteiger partial charge in [-0.3, -0.25) is 13.9 Å². The minimum absolute atomic E-state index is 0.0305. The minimum atomic E-state index is -4.10. The number of carbonyl (C=O) groups is 3. The van der Waals surface area contributed by atoms with Crippen molar-refractivity contribution in [3.05, 3.63) is 0 Å². The van der Waals surface area contributed by atoms with Gasteiger partial charge in [-0.05, 0) is 45.4 Å². The summed E-state index contributed by atoms with van der Waals surface area (Å²) in [5.74, 6) is -0.876. The fourth-order valence-electron chi connectivity index (χ4n) is 2.41. The van der Waals surface area contributed by atoms with Crippen LogP contribution in [-0.4, -0.2) is 82.1 Å². The molecule has 0 bridgehead atoms. The van der Waals surface area contributed by atoms with Crippen molar-refractivity contribution in [3.63, 3.8) is 0 Å². The van der Waals surface area contributed by atoms with E-state index < -0.39 is 30.7 Å². The summed E-state index contributed by atoms with van der Waals surface area (Å²) in [5.41, 5.74) is 6.02. The highest BCUT2D eigenvalue weighted by atomic mass is 31.2. The van der Waals surface area contributed by atoms with E-state index in [1.54, 1.807) is 6.92 Å². The van der Waals surface area contributed by atoms with E-state index in [2.05, 4.69) is 4.76 Å².